The van der Waals surface area contributed by atoms with Gasteiger partial charge in [-0.05, 0) is 44.5 Å². The van der Waals surface area contributed by atoms with E-state index in [0.29, 0.717) is 23.5 Å². The Morgan fingerprint density at radius 1 is 1.15 bits per heavy atom. The van der Waals surface area contributed by atoms with Crippen molar-refractivity contribution >= 4 is 27.8 Å². The fraction of sp³-hybridized carbons (Fsp3) is 0.238. The van der Waals surface area contributed by atoms with Crippen molar-refractivity contribution < 1.29 is 4.42 Å². The normalized spacial score (nSPS) is 11.3. The molecular formula is C21H21N3O2. The number of aryl methyl sites for hydroxylation is 2. The van der Waals surface area contributed by atoms with Crippen LogP contribution in [0.25, 0.3) is 22.1 Å². The van der Waals surface area contributed by atoms with Crippen LogP contribution < -0.4 is 10.5 Å². The first-order valence-corrected chi connectivity index (χ1v) is 8.79. The van der Waals surface area contributed by atoms with Crippen molar-refractivity contribution in [3.8, 4) is 0 Å². The van der Waals surface area contributed by atoms with E-state index in [2.05, 4.69) is 48.9 Å². The lowest BCUT2D eigenvalue weighted by atomic mass is 10.1. The molecule has 0 saturated heterocycles. The Kier molecular flexibility index (Phi) is 3.99. The lowest BCUT2D eigenvalue weighted by molar-refractivity contribution is 0.658. The van der Waals surface area contributed by atoms with Crippen LogP contribution in [0, 0.1) is 13.8 Å². The Balaban J connectivity index is 1.78. The highest BCUT2D eigenvalue weighted by molar-refractivity contribution is 6.01. The first kappa shape index (κ1) is 16.4. The highest BCUT2D eigenvalue weighted by Crippen LogP contribution is 2.26. The van der Waals surface area contributed by atoms with E-state index in [1.165, 1.54) is 11.1 Å². The van der Waals surface area contributed by atoms with Crippen molar-refractivity contribution in [2.45, 2.75) is 27.3 Å². The molecular weight excluding hydrogens is 326 g/mol. The zero-order chi connectivity index (χ0) is 18.3. The van der Waals surface area contributed by atoms with Crippen molar-refractivity contribution in [1.82, 2.24) is 9.97 Å². The maximum absolute atomic E-state index is 12.5. The summed E-state index contributed by atoms with van der Waals surface area (Å²) in [5.74, 6) is 0.635. The van der Waals surface area contributed by atoms with Crippen LogP contribution in [0.1, 0.15) is 23.9 Å². The molecule has 26 heavy (non-hydrogen) atoms. The fourth-order valence-corrected chi connectivity index (χ4v) is 3.43. The van der Waals surface area contributed by atoms with Gasteiger partial charge in [-0.15, -0.1) is 0 Å². The topological polar surface area (TPSA) is 62.1 Å². The largest absolute Gasteiger partial charge is 0.449 e. The number of fused-ring (bicyclic) bond motifs is 3. The second-order valence-electron chi connectivity index (χ2n) is 6.59. The summed E-state index contributed by atoms with van der Waals surface area (Å²) in [5.41, 5.74) is 4.94. The molecule has 0 bridgehead atoms. The number of anilines is 1. The Morgan fingerprint density at radius 2 is 1.96 bits per heavy atom. The predicted octanol–water partition coefficient (Wildman–Crippen LogP) is 4.31. The molecule has 0 aliphatic heterocycles. The Labute approximate surface area is 151 Å². The first-order valence-electron chi connectivity index (χ1n) is 8.79. The molecule has 0 aliphatic rings. The van der Waals surface area contributed by atoms with Gasteiger partial charge in [0.2, 0.25) is 5.58 Å². The number of aromatic amines is 1. The number of H-pyrrole nitrogens is 1. The zero-order valence-corrected chi connectivity index (χ0v) is 15.2. The average molecular weight is 347 g/mol. The van der Waals surface area contributed by atoms with E-state index in [-0.39, 0.29) is 11.1 Å². The van der Waals surface area contributed by atoms with E-state index in [1.54, 1.807) is 0 Å². The van der Waals surface area contributed by atoms with Gasteiger partial charge in [0.25, 0.3) is 5.56 Å². The van der Waals surface area contributed by atoms with E-state index in [4.69, 9.17) is 9.40 Å². The molecule has 0 spiro atoms. The molecule has 0 fully saturated rings. The van der Waals surface area contributed by atoms with Crippen molar-refractivity contribution in [2.24, 2.45) is 0 Å². The number of para-hydroxylation sites is 1. The van der Waals surface area contributed by atoms with E-state index >= 15 is 0 Å². The Bertz CT molecular complexity index is 1160. The summed E-state index contributed by atoms with van der Waals surface area (Å²) >= 11 is 0. The molecule has 2 aromatic heterocycles. The second-order valence-corrected chi connectivity index (χ2v) is 6.59. The molecule has 0 amide bonds. The molecule has 2 aromatic carbocycles. The molecule has 0 atom stereocenters. The molecule has 4 aromatic rings. The summed E-state index contributed by atoms with van der Waals surface area (Å²) in [6, 6.07) is 14.0. The molecule has 1 N–H and O–H groups in total. The highest BCUT2D eigenvalue weighted by atomic mass is 16.3. The van der Waals surface area contributed by atoms with Crippen LogP contribution in [0.15, 0.2) is 51.7 Å². The van der Waals surface area contributed by atoms with E-state index in [0.717, 1.165) is 17.6 Å². The Morgan fingerprint density at radius 3 is 2.73 bits per heavy atom. The number of benzene rings is 2. The van der Waals surface area contributed by atoms with Gasteiger partial charge in [-0.3, -0.25) is 4.79 Å². The monoisotopic (exact) mass is 347 g/mol. The smallest absolute Gasteiger partial charge is 0.294 e. The summed E-state index contributed by atoms with van der Waals surface area (Å²) in [6.45, 7) is 7.64. The van der Waals surface area contributed by atoms with Gasteiger partial charge in [-0.2, -0.15) is 0 Å². The van der Waals surface area contributed by atoms with Crippen LogP contribution in [0.4, 0.5) is 5.69 Å². The van der Waals surface area contributed by atoms with Crippen molar-refractivity contribution in [3.05, 3.63) is 69.8 Å². The van der Waals surface area contributed by atoms with E-state index in [1.807, 2.05) is 24.3 Å². The van der Waals surface area contributed by atoms with Crippen LogP contribution in [0.5, 0.6) is 0 Å². The number of hydrogen-bond donors (Lipinski definition) is 1. The van der Waals surface area contributed by atoms with Gasteiger partial charge >= 0.3 is 0 Å². The number of furan rings is 1. The molecule has 0 aliphatic carbocycles. The van der Waals surface area contributed by atoms with Crippen LogP contribution in [-0.4, -0.2) is 16.5 Å². The lowest BCUT2D eigenvalue weighted by Gasteiger charge is -2.24. The summed E-state index contributed by atoms with van der Waals surface area (Å²) in [5, 5.41) is 0.865. The van der Waals surface area contributed by atoms with Gasteiger partial charge in [0, 0.05) is 17.6 Å². The summed E-state index contributed by atoms with van der Waals surface area (Å²) in [6.07, 6.45) is 0. The van der Waals surface area contributed by atoms with Crippen LogP contribution in [0.3, 0.4) is 0 Å². The van der Waals surface area contributed by atoms with Gasteiger partial charge < -0.3 is 14.3 Å². The number of nitrogens with one attached hydrogen (secondary N) is 1. The van der Waals surface area contributed by atoms with Gasteiger partial charge in [-0.1, -0.05) is 29.8 Å². The van der Waals surface area contributed by atoms with Crippen LogP contribution in [0.2, 0.25) is 0 Å². The van der Waals surface area contributed by atoms with E-state index < -0.39 is 0 Å². The van der Waals surface area contributed by atoms with Crippen molar-refractivity contribution in [1.29, 1.82) is 0 Å². The maximum atomic E-state index is 12.5. The maximum Gasteiger partial charge on any atom is 0.294 e. The van der Waals surface area contributed by atoms with Crippen molar-refractivity contribution in [2.75, 3.05) is 11.4 Å². The SMILES string of the molecule is CCN(Cc1nc2c(oc3ccccc32)c(=O)[nH]1)c1ccc(C)cc1C. The summed E-state index contributed by atoms with van der Waals surface area (Å²) in [4.78, 5) is 22.3. The predicted molar refractivity (Wildman–Crippen MR) is 105 cm³/mol. The molecule has 0 radical (unpaired) electrons. The minimum Gasteiger partial charge on any atom is -0.449 e. The summed E-state index contributed by atoms with van der Waals surface area (Å²) < 4.78 is 5.67. The van der Waals surface area contributed by atoms with E-state index in [9.17, 15) is 4.79 Å². The fourth-order valence-electron chi connectivity index (χ4n) is 3.43. The van der Waals surface area contributed by atoms with Crippen LogP contribution in [-0.2, 0) is 6.54 Å². The molecule has 5 nitrogen and oxygen atoms in total. The zero-order valence-electron chi connectivity index (χ0n) is 15.2. The molecule has 0 unspecified atom stereocenters. The number of aromatic nitrogens is 2. The minimum atomic E-state index is -0.238. The first-order chi connectivity index (χ1) is 12.6. The summed E-state index contributed by atoms with van der Waals surface area (Å²) in [7, 11) is 0. The number of nitrogens with zero attached hydrogens (tertiary/aromatic N) is 2. The Hall–Kier alpha value is -3.08. The molecule has 5 heteroatoms. The third-order valence-electron chi connectivity index (χ3n) is 4.70. The van der Waals surface area contributed by atoms with Gasteiger partial charge in [0.05, 0.1) is 6.54 Å². The molecule has 0 saturated carbocycles. The van der Waals surface area contributed by atoms with Crippen molar-refractivity contribution in [3.63, 3.8) is 0 Å². The third kappa shape index (κ3) is 2.75. The number of hydrogen-bond acceptors (Lipinski definition) is 4. The van der Waals surface area contributed by atoms with Gasteiger partial charge in [-0.25, -0.2) is 4.98 Å². The van der Waals surface area contributed by atoms with Gasteiger partial charge in [0.1, 0.15) is 16.9 Å². The molecule has 132 valence electrons. The quantitative estimate of drug-likeness (QED) is 0.597. The standard InChI is InChI=1S/C21H21N3O2/c1-4-24(16-10-9-13(2)11-14(16)3)12-18-22-19-15-7-5-6-8-17(15)26-20(19)21(25)23-18/h5-11H,4,12H2,1-3H3,(H,22,23,25). The lowest BCUT2D eigenvalue weighted by Crippen LogP contribution is -2.25. The average Bonchev–Trinajstić information content (AvgIpc) is 3.00. The second kappa shape index (κ2) is 6.33. The molecule has 4 rings (SSSR count). The minimum absolute atomic E-state index is 0.238. The van der Waals surface area contributed by atoms with Crippen LogP contribution >= 0.6 is 0 Å². The highest BCUT2D eigenvalue weighted by Gasteiger charge is 2.15. The van der Waals surface area contributed by atoms with Gasteiger partial charge in [0.15, 0.2) is 0 Å². The number of rotatable bonds is 4. The third-order valence-corrected chi connectivity index (χ3v) is 4.70. The molecule has 2 heterocycles.